The van der Waals surface area contributed by atoms with Crippen molar-refractivity contribution in [2.45, 2.75) is 19.8 Å². The third-order valence-corrected chi connectivity index (χ3v) is 3.84. The molecule has 0 aliphatic rings. The molecule has 0 fully saturated rings. The second-order valence-corrected chi connectivity index (χ2v) is 5.18. The summed E-state index contributed by atoms with van der Waals surface area (Å²) in [6.45, 7) is 1.51. The zero-order valence-corrected chi connectivity index (χ0v) is 11.3. The fraction of sp³-hybridized carbons (Fsp3) is 0.286. The minimum Gasteiger partial charge on any atom is -0.314 e. The maximum Gasteiger partial charge on any atom is 0.227 e. The van der Waals surface area contributed by atoms with E-state index in [9.17, 15) is 9.59 Å². The number of nitrogens with zero attached hydrogens (tertiary/aromatic N) is 1. The quantitative estimate of drug-likeness (QED) is 0.847. The number of hydrogen-bond donors (Lipinski definition) is 0. The van der Waals surface area contributed by atoms with E-state index >= 15 is 0 Å². The summed E-state index contributed by atoms with van der Waals surface area (Å²) in [5, 5.41) is 3.07. The first-order chi connectivity index (χ1) is 8.59. The van der Waals surface area contributed by atoms with Crippen molar-refractivity contribution in [3.8, 4) is 0 Å². The van der Waals surface area contributed by atoms with Gasteiger partial charge in [-0.05, 0) is 13.0 Å². The minimum atomic E-state index is -0.0197. The molecule has 0 bridgehead atoms. The largest absolute Gasteiger partial charge is 0.314 e. The predicted octanol–water partition coefficient (Wildman–Crippen LogP) is 3.23. The summed E-state index contributed by atoms with van der Waals surface area (Å²) in [7, 11) is 1.76. The lowest BCUT2D eigenvalue weighted by atomic mass is 10.2. The molecule has 0 radical (unpaired) electrons. The maximum atomic E-state index is 12.0. The summed E-state index contributed by atoms with van der Waals surface area (Å²) in [6, 6.07) is 8.00. The molecule has 1 amide bonds. The first-order valence-electron chi connectivity index (χ1n) is 5.82. The number of fused-ring (bicyclic) bond motifs is 1. The molecule has 1 heterocycles. The van der Waals surface area contributed by atoms with Crippen molar-refractivity contribution in [3.63, 3.8) is 0 Å². The number of carbonyl (C=O) groups is 2. The van der Waals surface area contributed by atoms with E-state index in [0.29, 0.717) is 6.42 Å². The highest BCUT2D eigenvalue weighted by Crippen LogP contribution is 2.32. The van der Waals surface area contributed by atoms with Crippen molar-refractivity contribution < 1.29 is 9.59 Å². The maximum absolute atomic E-state index is 12.0. The van der Waals surface area contributed by atoms with Crippen molar-refractivity contribution in [1.82, 2.24) is 0 Å². The van der Waals surface area contributed by atoms with Crippen LogP contribution < -0.4 is 4.90 Å². The third-order valence-electron chi connectivity index (χ3n) is 2.89. The normalized spacial score (nSPS) is 10.6. The highest BCUT2D eigenvalue weighted by Gasteiger charge is 2.15. The monoisotopic (exact) mass is 261 g/mol. The van der Waals surface area contributed by atoms with Gasteiger partial charge in [0.1, 0.15) is 5.78 Å². The van der Waals surface area contributed by atoms with E-state index in [4.69, 9.17) is 0 Å². The third kappa shape index (κ3) is 2.59. The number of carbonyl (C=O) groups excluding carboxylic acids is 2. The van der Waals surface area contributed by atoms with E-state index < -0.39 is 0 Å². The summed E-state index contributed by atoms with van der Waals surface area (Å²) in [4.78, 5) is 24.5. The van der Waals surface area contributed by atoms with Crippen LogP contribution in [0.1, 0.15) is 19.8 Å². The Bertz CT molecular complexity index is 588. The van der Waals surface area contributed by atoms with Crippen molar-refractivity contribution in [3.05, 3.63) is 29.6 Å². The number of thiophene rings is 1. The standard InChI is InChI=1S/C14H15NO2S/c1-10(16)7-8-14(17)15(2)12-9-18-13-6-4-3-5-11(12)13/h3-6,9H,7-8H2,1-2H3. The van der Waals surface area contributed by atoms with Crippen LogP contribution in [0.3, 0.4) is 0 Å². The van der Waals surface area contributed by atoms with Gasteiger partial charge in [0.25, 0.3) is 0 Å². The van der Waals surface area contributed by atoms with Gasteiger partial charge < -0.3 is 9.69 Å². The van der Waals surface area contributed by atoms with Crippen molar-refractivity contribution in [2.75, 3.05) is 11.9 Å². The molecular formula is C14H15NO2S. The van der Waals surface area contributed by atoms with Crippen LogP contribution in [0.5, 0.6) is 0 Å². The summed E-state index contributed by atoms with van der Waals surface area (Å²) >= 11 is 1.62. The van der Waals surface area contributed by atoms with Crippen LogP contribution in [-0.4, -0.2) is 18.7 Å². The predicted molar refractivity (Wildman–Crippen MR) is 75.2 cm³/mol. The Labute approximate surface area is 110 Å². The molecule has 2 aromatic rings. The Balaban J connectivity index is 2.20. The molecular weight excluding hydrogens is 246 g/mol. The van der Waals surface area contributed by atoms with Gasteiger partial charge in [-0.15, -0.1) is 11.3 Å². The minimum absolute atomic E-state index is 0.0197. The lowest BCUT2D eigenvalue weighted by Gasteiger charge is -2.16. The number of rotatable bonds is 4. The lowest BCUT2D eigenvalue weighted by Crippen LogP contribution is -2.26. The molecule has 0 unspecified atom stereocenters. The second kappa shape index (κ2) is 5.31. The topological polar surface area (TPSA) is 37.4 Å². The average molecular weight is 261 g/mol. The van der Waals surface area contributed by atoms with Gasteiger partial charge in [-0.25, -0.2) is 0 Å². The molecule has 0 saturated heterocycles. The number of hydrogen-bond acceptors (Lipinski definition) is 3. The van der Waals surface area contributed by atoms with Gasteiger partial charge in [-0.1, -0.05) is 18.2 Å². The molecule has 1 aromatic carbocycles. The molecule has 3 nitrogen and oxygen atoms in total. The van der Waals surface area contributed by atoms with Crippen LogP contribution in [0.15, 0.2) is 29.6 Å². The van der Waals surface area contributed by atoms with Crippen LogP contribution >= 0.6 is 11.3 Å². The van der Waals surface area contributed by atoms with Crippen LogP contribution in [0.25, 0.3) is 10.1 Å². The number of anilines is 1. The summed E-state index contributed by atoms with van der Waals surface area (Å²) in [5.41, 5.74) is 0.921. The molecule has 0 atom stereocenters. The van der Waals surface area contributed by atoms with Gasteiger partial charge in [-0.2, -0.15) is 0 Å². The second-order valence-electron chi connectivity index (χ2n) is 4.27. The van der Waals surface area contributed by atoms with Gasteiger partial charge in [0.05, 0.1) is 5.69 Å². The number of Topliss-reactive ketones (excluding diaryl/α,β-unsaturated/α-hetero) is 1. The van der Waals surface area contributed by atoms with Crippen molar-refractivity contribution in [1.29, 1.82) is 0 Å². The highest BCUT2D eigenvalue weighted by atomic mass is 32.1. The Morgan fingerprint density at radius 2 is 1.94 bits per heavy atom. The number of ketones is 1. The smallest absolute Gasteiger partial charge is 0.227 e. The van der Waals surface area contributed by atoms with Gasteiger partial charge in [0.15, 0.2) is 0 Å². The fourth-order valence-electron chi connectivity index (χ4n) is 1.81. The number of benzene rings is 1. The molecule has 0 aliphatic heterocycles. The van der Waals surface area contributed by atoms with Gasteiger partial charge in [-0.3, -0.25) is 4.79 Å². The Morgan fingerprint density at radius 3 is 2.67 bits per heavy atom. The molecule has 94 valence electrons. The zero-order valence-electron chi connectivity index (χ0n) is 10.5. The van der Waals surface area contributed by atoms with Crippen molar-refractivity contribution in [2.24, 2.45) is 0 Å². The van der Waals surface area contributed by atoms with Crippen LogP contribution in [-0.2, 0) is 9.59 Å². The van der Waals surface area contributed by atoms with Gasteiger partial charge in [0.2, 0.25) is 5.91 Å². The SMILES string of the molecule is CC(=O)CCC(=O)N(C)c1csc2ccccc12. The molecule has 0 aliphatic carbocycles. The van der Waals surface area contributed by atoms with Crippen LogP contribution in [0.2, 0.25) is 0 Å². The van der Waals surface area contributed by atoms with E-state index in [2.05, 4.69) is 0 Å². The molecule has 18 heavy (non-hydrogen) atoms. The Hall–Kier alpha value is -1.68. The Kier molecular flexibility index (Phi) is 3.77. The van der Waals surface area contributed by atoms with E-state index in [1.54, 1.807) is 23.3 Å². The first-order valence-corrected chi connectivity index (χ1v) is 6.70. The summed E-state index contributed by atoms with van der Waals surface area (Å²) in [6.07, 6.45) is 0.585. The first kappa shape index (κ1) is 12.8. The van der Waals surface area contributed by atoms with Crippen LogP contribution in [0.4, 0.5) is 5.69 Å². The number of amides is 1. The van der Waals surface area contributed by atoms with Crippen molar-refractivity contribution >= 4 is 38.8 Å². The van der Waals surface area contributed by atoms with Gasteiger partial charge >= 0.3 is 0 Å². The van der Waals surface area contributed by atoms with Gasteiger partial charge in [0, 0.05) is 35.4 Å². The molecule has 0 N–H and O–H groups in total. The molecule has 0 spiro atoms. The summed E-state index contributed by atoms with van der Waals surface area (Å²) < 4.78 is 1.17. The van der Waals surface area contributed by atoms with Crippen LogP contribution in [0, 0.1) is 0 Å². The summed E-state index contributed by atoms with van der Waals surface area (Å²) in [5.74, 6) is 0.0284. The zero-order chi connectivity index (χ0) is 13.1. The fourth-order valence-corrected chi connectivity index (χ4v) is 2.79. The molecule has 0 saturated carbocycles. The van der Waals surface area contributed by atoms with E-state index in [1.807, 2.05) is 29.6 Å². The highest BCUT2D eigenvalue weighted by molar-refractivity contribution is 7.17. The lowest BCUT2D eigenvalue weighted by molar-refractivity contribution is -0.122. The molecule has 1 aromatic heterocycles. The molecule has 4 heteroatoms. The van der Waals surface area contributed by atoms with E-state index in [0.717, 1.165) is 11.1 Å². The van der Waals surface area contributed by atoms with E-state index in [-0.39, 0.29) is 18.1 Å². The average Bonchev–Trinajstić information content (AvgIpc) is 2.78. The molecule has 2 rings (SSSR count). The van der Waals surface area contributed by atoms with E-state index in [1.165, 1.54) is 11.6 Å². The Morgan fingerprint density at radius 1 is 1.22 bits per heavy atom.